The number of imidazole rings is 1. The number of amides is 2. The van der Waals surface area contributed by atoms with E-state index < -0.39 is 5.91 Å². The fourth-order valence-electron chi connectivity index (χ4n) is 2.18. The minimum atomic E-state index is -0.409. The summed E-state index contributed by atoms with van der Waals surface area (Å²) >= 11 is 0. The van der Waals surface area contributed by atoms with E-state index in [4.69, 9.17) is 5.21 Å². The third-order valence-electron chi connectivity index (χ3n) is 3.53. The monoisotopic (exact) mass is 343 g/mol. The van der Waals surface area contributed by atoms with Crippen LogP contribution in [-0.2, 0) is 9.59 Å². The van der Waals surface area contributed by atoms with Crippen molar-refractivity contribution in [3.8, 4) is 5.69 Å². The fourth-order valence-corrected chi connectivity index (χ4v) is 2.18. The molecule has 0 bridgehead atoms. The number of aromatic nitrogens is 2. The summed E-state index contributed by atoms with van der Waals surface area (Å²) in [5.74, 6) is -0.578. The van der Waals surface area contributed by atoms with Crippen LogP contribution in [0.4, 0.5) is 0 Å². The number of carbonyl (C=O) groups is 2. The molecular formula is C17H21N5O3. The van der Waals surface area contributed by atoms with Crippen molar-refractivity contribution in [1.29, 1.82) is 0 Å². The first-order valence-electron chi connectivity index (χ1n) is 8.02. The van der Waals surface area contributed by atoms with E-state index in [-0.39, 0.29) is 12.3 Å². The lowest BCUT2D eigenvalue weighted by atomic mass is 10.1. The van der Waals surface area contributed by atoms with Gasteiger partial charge in [0.25, 0.3) is 0 Å². The second-order valence-corrected chi connectivity index (χ2v) is 5.45. The zero-order chi connectivity index (χ0) is 17.9. The molecule has 1 heterocycles. The number of nitrogens with one attached hydrogen (secondary N) is 2. The third-order valence-corrected chi connectivity index (χ3v) is 3.53. The van der Waals surface area contributed by atoms with Crippen LogP contribution in [0.25, 0.3) is 5.69 Å². The highest BCUT2D eigenvalue weighted by Crippen LogP contribution is 2.08. The molecule has 2 aromatic rings. The van der Waals surface area contributed by atoms with Gasteiger partial charge in [0, 0.05) is 30.9 Å². The Bertz CT molecular complexity index is 696. The van der Waals surface area contributed by atoms with Gasteiger partial charge >= 0.3 is 0 Å². The van der Waals surface area contributed by atoms with Crippen molar-refractivity contribution in [3.05, 3.63) is 48.5 Å². The molecule has 2 amide bonds. The SMILES string of the molecule is O=C(CCCCCC(=O)N/N=C/c1ccc(-n2ccnc2)cc1)NO. The second-order valence-electron chi connectivity index (χ2n) is 5.45. The molecular weight excluding hydrogens is 322 g/mol. The van der Waals surface area contributed by atoms with Crippen LogP contribution < -0.4 is 10.9 Å². The van der Waals surface area contributed by atoms with Gasteiger partial charge < -0.3 is 4.57 Å². The van der Waals surface area contributed by atoms with E-state index in [0.29, 0.717) is 19.3 Å². The average Bonchev–Trinajstić information content (AvgIpc) is 3.16. The number of carbonyl (C=O) groups excluding carboxylic acids is 2. The number of hydrogen-bond acceptors (Lipinski definition) is 5. The number of benzene rings is 1. The normalized spacial score (nSPS) is 10.8. The summed E-state index contributed by atoms with van der Waals surface area (Å²) in [4.78, 5) is 26.4. The van der Waals surface area contributed by atoms with Crippen molar-refractivity contribution in [1.82, 2.24) is 20.5 Å². The van der Waals surface area contributed by atoms with Crippen LogP contribution in [0.5, 0.6) is 0 Å². The van der Waals surface area contributed by atoms with Crippen molar-refractivity contribution < 1.29 is 14.8 Å². The second kappa shape index (κ2) is 9.99. The van der Waals surface area contributed by atoms with Crippen LogP contribution in [0.2, 0.25) is 0 Å². The van der Waals surface area contributed by atoms with Crippen molar-refractivity contribution in [2.75, 3.05) is 0 Å². The maximum atomic E-state index is 11.6. The molecule has 0 saturated carbocycles. The van der Waals surface area contributed by atoms with Gasteiger partial charge in [0.2, 0.25) is 11.8 Å². The molecule has 1 aromatic heterocycles. The van der Waals surface area contributed by atoms with Gasteiger partial charge in [-0.25, -0.2) is 15.9 Å². The Morgan fingerprint density at radius 3 is 2.48 bits per heavy atom. The highest BCUT2D eigenvalue weighted by Gasteiger charge is 2.02. The zero-order valence-electron chi connectivity index (χ0n) is 13.8. The van der Waals surface area contributed by atoms with Crippen LogP contribution in [0.15, 0.2) is 48.1 Å². The van der Waals surface area contributed by atoms with Gasteiger partial charge in [0.05, 0.1) is 12.5 Å². The number of hydrazone groups is 1. The van der Waals surface area contributed by atoms with Gasteiger partial charge in [-0.15, -0.1) is 0 Å². The Balaban J connectivity index is 1.66. The lowest BCUT2D eigenvalue weighted by Crippen LogP contribution is -2.18. The molecule has 8 heteroatoms. The van der Waals surface area contributed by atoms with E-state index in [9.17, 15) is 9.59 Å². The molecule has 132 valence electrons. The van der Waals surface area contributed by atoms with Gasteiger partial charge in [-0.2, -0.15) is 5.10 Å². The minimum absolute atomic E-state index is 0.169. The largest absolute Gasteiger partial charge is 0.306 e. The van der Waals surface area contributed by atoms with Crippen LogP contribution in [0.3, 0.4) is 0 Å². The standard InChI is InChI=1S/C17H21N5O3/c23-16(4-2-1-3-5-17(24)21-25)20-19-12-14-6-8-15(9-7-14)22-11-10-18-13-22/h6-13,25H,1-5H2,(H,20,23)(H,21,24)/b19-12+. The summed E-state index contributed by atoms with van der Waals surface area (Å²) in [5.41, 5.74) is 5.93. The van der Waals surface area contributed by atoms with E-state index >= 15 is 0 Å². The molecule has 25 heavy (non-hydrogen) atoms. The lowest BCUT2D eigenvalue weighted by molar-refractivity contribution is -0.129. The Hall–Kier alpha value is -3.00. The Morgan fingerprint density at radius 2 is 1.84 bits per heavy atom. The molecule has 2 rings (SSSR count). The minimum Gasteiger partial charge on any atom is -0.306 e. The summed E-state index contributed by atoms with van der Waals surface area (Å²) in [6.07, 6.45) is 9.52. The Morgan fingerprint density at radius 1 is 1.12 bits per heavy atom. The van der Waals surface area contributed by atoms with Crippen molar-refractivity contribution in [3.63, 3.8) is 0 Å². The molecule has 0 atom stereocenters. The van der Waals surface area contributed by atoms with Gasteiger partial charge in [-0.1, -0.05) is 18.6 Å². The number of hydroxylamine groups is 1. The first-order valence-corrected chi connectivity index (χ1v) is 8.02. The summed E-state index contributed by atoms with van der Waals surface area (Å²) in [5, 5.41) is 12.3. The first kappa shape index (κ1) is 18.3. The fraction of sp³-hybridized carbons (Fsp3) is 0.294. The molecule has 3 N–H and O–H groups in total. The van der Waals surface area contributed by atoms with E-state index in [1.165, 1.54) is 0 Å². The molecule has 0 aliphatic rings. The van der Waals surface area contributed by atoms with Gasteiger partial charge in [-0.05, 0) is 30.5 Å². The van der Waals surface area contributed by atoms with Crippen molar-refractivity contribution in [2.24, 2.45) is 5.10 Å². The molecule has 0 saturated heterocycles. The van der Waals surface area contributed by atoms with E-state index in [0.717, 1.165) is 17.7 Å². The topological polar surface area (TPSA) is 109 Å². The van der Waals surface area contributed by atoms with E-state index in [2.05, 4.69) is 15.5 Å². The zero-order valence-corrected chi connectivity index (χ0v) is 13.8. The Labute approximate surface area is 145 Å². The molecule has 0 aliphatic heterocycles. The molecule has 8 nitrogen and oxygen atoms in total. The van der Waals surface area contributed by atoms with Crippen LogP contribution in [-0.4, -0.2) is 32.8 Å². The Kier molecular flexibility index (Phi) is 7.33. The maximum absolute atomic E-state index is 11.6. The molecule has 1 aromatic carbocycles. The van der Waals surface area contributed by atoms with Gasteiger partial charge in [0.1, 0.15) is 0 Å². The third kappa shape index (κ3) is 6.56. The molecule has 0 unspecified atom stereocenters. The number of hydrogen-bond donors (Lipinski definition) is 3. The molecule has 0 spiro atoms. The number of rotatable bonds is 9. The lowest BCUT2D eigenvalue weighted by Gasteiger charge is -2.02. The number of unbranched alkanes of at least 4 members (excludes halogenated alkanes) is 2. The van der Waals surface area contributed by atoms with Crippen molar-refractivity contribution >= 4 is 18.0 Å². The maximum Gasteiger partial charge on any atom is 0.243 e. The quantitative estimate of drug-likeness (QED) is 0.279. The summed E-state index contributed by atoms with van der Waals surface area (Å²) in [6, 6.07) is 7.68. The van der Waals surface area contributed by atoms with Gasteiger partial charge in [-0.3, -0.25) is 14.8 Å². The van der Waals surface area contributed by atoms with Crippen LogP contribution >= 0.6 is 0 Å². The van der Waals surface area contributed by atoms with Crippen molar-refractivity contribution in [2.45, 2.75) is 32.1 Å². The van der Waals surface area contributed by atoms with E-state index in [1.54, 1.807) is 24.2 Å². The van der Waals surface area contributed by atoms with Gasteiger partial charge in [0.15, 0.2) is 0 Å². The molecule has 0 fully saturated rings. The summed E-state index contributed by atoms with van der Waals surface area (Å²) < 4.78 is 1.90. The average molecular weight is 343 g/mol. The molecule has 0 aliphatic carbocycles. The first-order chi connectivity index (χ1) is 12.2. The molecule has 0 radical (unpaired) electrons. The predicted molar refractivity (Wildman–Crippen MR) is 92.3 cm³/mol. The number of nitrogens with zero attached hydrogens (tertiary/aromatic N) is 3. The smallest absolute Gasteiger partial charge is 0.243 e. The highest BCUT2D eigenvalue weighted by atomic mass is 16.5. The predicted octanol–water partition coefficient (Wildman–Crippen LogP) is 1.78. The summed E-state index contributed by atoms with van der Waals surface area (Å²) in [7, 11) is 0. The van der Waals surface area contributed by atoms with E-state index in [1.807, 2.05) is 35.0 Å². The van der Waals surface area contributed by atoms with Crippen LogP contribution in [0, 0.1) is 0 Å². The summed E-state index contributed by atoms with van der Waals surface area (Å²) in [6.45, 7) is 0. The highest BCUT2D eigenvalue weighted by molar-refractivity contribution is 5.82. The van der Waals surface area contributed by atoms with Crippen LogP contribution in [0.1, 0.15) is 37.7 Å².